The molecule has 2 heterocycles. The molecule has 2 aromatic rings. The van der Waals surface area contributed by atoms with Crippen LogP contribution in [0.3, 0.4) is 0 Å². The summed E-state index contributed by atoms with van der Waals surface area (Å²) in [4.78, 5) is 42.1. The van der Waals surface area contributed by atoms with Crippen molar-refractivity contribution in [3.05, 3.63) is 59.7 Å². The maximum absolute atomic E-state index is 13.2. The predicted molar refractivity (Wildman–Crippen MR) is 114 cm³/mol. The standard InChI is InChI=1S/C24H26N2O5/c27-18-9-7-16(8-10-18)22(29)17-11-14-25(15-12-17)24(31)20-5-3-13-26(20)23(30)19-4-1-2-6-21(19)28/h1-2,4,6-10,17,20,27-28H,3,5,11-15H2/t20-/m0/s1. The molecule has 7 heteroatoms. The van der Waals surface area contributed by atoms with Crippen LogP contribution in [0.2, 0.25) is 0 Å². The number of phenols is 2. The number of para-hydroxylation sites is 1. The van der Waals surface area contributed by atoms with E-state index in [-0.39, 0.29) is 40.6 Å². The van der Waals surface area contributed by atoms with Gasteiger partial charge in [-0.1, -0.05) is 12.1 Å². The number of hydrogen-bond donors (Lipinski definition) is 2. The van der Waals surface area contributed by atoms with Gasteiger partial charge in [0.05, 0.1) is 5.56 Å². The molecule has 2 fully saturated rings. The lowest BCUT2D eigenvalue weighted by molar-refractivity contribution is -0.136. The van der Waals surface area contributed by atoms with Crippen molar-refractivity contribution >= 4 is 17.6 Å². The van der Waals surface area contributed by atoms with Crippen LogP contribution in [0.4, 0.5) is 0 Å². The fourth-order valence-corrected chi connectivity index (χ4v) is 4.51. The zero-order chi connectivity index (χ0) is 22.0. The summed E-state index contributed by atoms with van der Waals surface area (Å²) < 4.78 is 0. The van der Waals surface area contributed by atoms with Gasteiger partial charge in [0.15, 0.2) is 5.78 Å². The van der Waals surface area contributed by atoms with Crippen molar-refractivity contribution in [1.82, 2.24) is 9.80 Å². The van der Waals surface area contributed by atoms with Gasteiger partial charge in [-0.15, -0.1) is 0 Å². The van der Waals surface area contributed by atoms with Crippen molar-refractivity contribution in [3.63, 3.8) is 0 Å². The summed E-state index contributed by atoms with van der Waals surface area (Å²) in [6, 6.07) is 12.1. The normalized spacial score (nSPS) is 19.4. The molecule has 2 aliphatic heterocycles. The summed E-state index contributed by atoms with van der Waals surface area (Å²) in [5, 5.41) is 19.4. The van der Waals surface area contributed by atoms with Crippen molar-refractivity contribution in [2.45, 2.75) is 31.7 Å². The SMILES string of the molecule is O=C(c1ccc(O)cc1)C1CCN(C(=O)[C@@H]2CCCN2C(=O)c2ccccc2O)CC1. The Morgan fingerprint density at radius 2 is 1.52 bits per heavy atom. The zero-order valence-corrected chi connectivity index (χ0v) is 17.2. The molecule has 2 N–H and O–H groups in total. The molecule has 4 rings (SSSR count). The average Bonchev–Trinajstić information content (AvgIpc) is 3.28. The molecule has 0 unspecified atom stereocenters. The molecule has 0 aromatic heterocycles. The highest BCUT2D eigenvalue weighted by molar-refractivity contribution is 6.00. The topological polar surface area (TPSA) is 98.2 Å². The number of nitrogens with zero attached hydrogens (tertiary/aromatic N) is 2. The first-order chi connectivity index (χ1) is 15.0. The fraction of sp³-hybridized carbons (Fsp3) is 0.375. The van der Waals surface area contributed by atoms with E-state index in [4.69, 9.17) is 0 Å². The van der Waals surface area contributed by atoms with E-state index in [2.05, 4.69) is 0 Å². The minimum Gasteiger partial charge on any atom is -0.508 e. The molecular weight excluding hydrogens is 396 g/mol. The number of ketones is 1. The van der Waals surface area contributed by atoms with Crippen molar-refractivity contribution in [3.8, 4) is 11.5 Å². The number of benzene rings is 2. The monoisotopic (exact) mass is 422 g/mol. The highest BCUT2D eigenvalue weighted by Gasteiger charge is 2.39. The van der Waals surface area contributed by atoms with Crippen LogP contribution in [0.5, 0.6) is 11.5 Å². The Morgan fingerprint density at radius 3 is 2.19 bits per heavy atom. The first-order valence-electron chi connectivity index (χ1n) is 10.7. The number of piperidine rings is 1. The van der Waals surface area contributed by atoms with E-state index in [1.54, 1.807) is 40.1 Å². The Hall–Kier alpha value is -3.35. The molecule has 7 nitrogen and oxygen atoms in total. The van der Waals surface area contributed by atoms with Crippen LogP contribution >= 0.6 is 0 Å². The summed E-state index contributed by atoms with van der Waals surface area (Å²) in [5.41, 5.74) is 0.776. The number of rotatable bonds is 4. The van der Waals surface area contributed by atoms with E-state index < -0.39 is 6.04 Å². The van der Waals surface area contributed by atoms with Crippen LogP contribution < -0.4 is 0 Å². The highest BCUT2D eigenvalue weighted by Crippen LogP contribution is 2.28. The van der Waals surface area contributed by atoms with E-state index >= 15 is 0 Å². The van der Waals surface area contributed by atoms with Gasteiger partial charge in [-0.3, -0.25) is 14.4 Å². The number of Topliss-reactive ketones (excluding diaryl/α,β-unsaturated/α-hetero) is 1. The van der Waals surface area contributed by atoms with E-state index in [0.717, 1.165) is 6.42 Å². The van der Waals surface area contributed by atoms with E-state index in [1.807, 2.05) is 0 Å². The number of aromatic hydroxyl groups is 2. The lowest BCUT2D eigenvalue weighted by atomic mass is 9.88. The van der Waals surface area contributed by atoms with Gasteiger partial charge in [-0.2, -0.15) is 0 Å². The molecule has 2 aromatic carbocycles. The Bertz CT molecular complexity index is 980. The number of likely N-dealkylation sites (tertiary alicyclic amines) is 2. The van der Waals surface area contributed by atoms with Gasteiger partial charge in [0.1, 0.15) is 17.5 Å². The van der Waals surface area contributed by atoms with Gasteiger partial charge in [-0.05, 0) is 62.1 Å². The number of hydrogen-bond acceptors (Lipinski definition) is 5. The molecular formula is C24H26N2O5. The van der Waals surface area contributed by atoms with Gasteiger partial charge in [-0.25, -0.2) is 0 Å². The smallest absolute Gasteiger partial charge is 0.258 e. The Balaban J connectivity index is 1.39. The van der Waals surface area contributed by atoms with E-state index in [9.17, 15) is 24.6 Å². The van der Waals surface area contributed by atoms with Crippen molar-refractivity contribution in [1.29, 1.82) is 0 Å². The van der Waals surface area contributed by atoms with Crippen LogP contribution in [-0.2, 0) is 4.79 Å². The maximum Gasteiger partial charge on any atom is 0.258 e. The molecule has 2 amide bonds. The summed E-state index contributed by atoms with van der Waals surface area (Å²) >= 11 is 0. The van der Waals surface area contributed by atoms with Gasteiger partial charge in [0.2, 0.25) is 5.91 Å². The van der Waals surface area contributed by atoms with Gasteiger partial charge < -0.3 is 20.0 Å². The maximum atomic E-state index is 13.2. The molecule has 2 aliphatic rings. The summed E-state index contributed by atoms with van der Waals surface area (Å²) in [6.45, 7) is 1.43. The van der Waals surface area contributed by atoms with Crippen LogP contribution in [0.15, 0.2) is 48.5 Å². The van der Waals surface area contributed by atoms with Crippen LogP contribution in [0.1, 0.15) is 46.4 Å². The lowest BCUT2D eigenvalue weighted by Gasteiger charge is -2.35. The molecule has 2 saturated heterocycles. The van der Waals surface area contributed by atoms with Crippen molar-refractivity contribution in [2.75, 3.05) is 19.6 Å². The second-order valence-corrected chi connectivity index (χ2v) is 8.18. The minimum atomic E-state index is -0.531. The van der Waals surface area contributed by atoms with Crippen LogP contribution in [0, 0.1) is 5.92 Å². The third-order valence-electron chi connectivity index (χ3n) is 6.26. The van der Waals surface area contributed by atoms with Crippen molar-refractivity contribution < 1.29 is 24.6 Å². The lowest BCUT2D eigenvalue weighted by Crippen LogP contribution is -2.50. The highest BCUT2D eigenvalue weighted by atomic mass is 16.3. The summed E-state index contributed by atoms with van der Waals surface area (Å²) in [6.07, 6.45) is 2.49. The second kappa shape index (κ2) is 8.79. The third-order valence-corrected chi connectivity index (χ3v) is 6.26. The van der Waals surface area contributed by atoms with Gasteiger partial charge in [0, 0.05) is 31.1 Å². The molecule has 1 atom stereocenters. The quantitative estimate of drug-likeness (QED) is 0.739. The molecule has 0 saturated carbocycles. The van der Waals surface area contributed by atoms with E-state index in [0.29, 0.717) is 44.5 Å². The van der Waals surface area contributed by atoms with Crippen LogP contribution in [0.25, 0.3) is 0 Å². The summed E-state index contributed by atoms with van der Waals surface area (Å²) in [7, 11) is 0. The average molecular weight is 422 g/mol. The third kappa shape index (κ3) is 4.26. The molecule has 0 bridgehead atoms. The van der Waals surface area contributed by atoms with Gasteiger partial charge >= 0.3 is 0 Å². The molecule has 0 radical (unpaired) electrons. The Labute approximate surface area is 180 Å². The second-order valence-electron chi connectivity index (χ2n) is 8.18. The Kier molecular flexibility index (Phi) is 5.93. The first-order valence-corrected chi connectivity index (χ1v) is 10.7. The number of carbonyl (C=O) groups is 3. The molecule has 0 aliphatic carbocycles. The Morgan fingerprint density at radius 1 is 0.839 bits per heavy atom. The number of amides is 2. The van der Waals surface area contributed by atoms with Crippen LogP contribution in [-0.4, -0.2) is 63.3 Å². The summed E-state index contributed by atoms with van der Waals surface area (Å²) in [5.74, 6) is -0.501. The molecule has 0 spiro atoms. The number of phenolic OH excluding ortho intramolecular Hbond substituents is 2. The van der Waals surface area contributed by atoms with Gasteiger partial charge in [0.25, 0.3) is 5.91 Å². The number of carbonyl (C=O) groups excluding carboxylic acids is 3. The zero-order valence-electron chi connectivity index (χ0n) is 17.2. The first kappa shape index (κ1) is 20.9. The molecule has 31 heavy (non-hydrogen) atoms. The largest absolute Gasteiger partial charge is 0.508 e. The molecule has 162 valence electrons. The fourth-order valence-electron chi connectivity index (χ4n) is 4.51. The van der Waals surface area contributed by atoms with E-state index in [1.165, 1.54) is 18.2 Å². The predicted octanol–water partition coefficient (Wildman–Crippen LogP) is 2.82. The minimum absolute atomic E-state index is 0.0318. The van der Waals surface area contributed by atoms with Crippen molar-refractivity contribution in [2.24, 2.45) is 5.92 Å².